The van der Waals surface area contributed by atoms with E-state index in [2.05, 4.69) is 18.8 Å². The zero-order chi connectivity index (χ0) is 13.3. The highest BCUT2D eigenvalue weighted by Crippen LogP contribution is 2.28. The summed E-state index contributed by atoms with van der Waals surface area (Å²) in [5.41, 5.74) is 8.79. The predicted molar refractivity (Wildman–Crippen MR) is 71.7 cm³/mol. The van der Waals surface area contributed by atoms with Gasteiger partial charge in [0.2, 0.25) is 0 Å². The number of aliphatic carboxylic acids is 1. The zero-order valence-electron chi connectivity index (χ0n) is 10.6. The van der Waals surface area contributed by atoms with Gasteiger partial charge in [-0.1, -0.05) is 32.0 Å². The Bertz CT molecular complexity index is 572. The molecule has 0 aliphatic rings. The van der Waals surface area contributed by atoms with Crippen LogP contribution in [0.3, 0.4) is 0 Å². The molecule has 0 bridgehead atoms. The van der Waals surface area contributed by atoms with Crippen molar-refractivity contribution >= 4 is 16.9 Å². The van der Waals surface area contributed by atoms with Crippen LogP contribution in [0.2, 0.25) is 0 Å². The second kappa shape index (κ2) is 4.82. The summed E-state index contributed by atoms with van der Waals surface area (Å²) in [6, 6.07) is 7.06. The van der Waals surface area contributed by atoms with Gasteiger partial charge in [0, 0.05) is 23.0 Å². The topological polar surface area (TPSA) is 79.1 Å². The maximum atomic E-state index is 10.9. The number of para-hydroxylation sites is 1. The molecule has 0 amide bonds. The quantitative estimate of drug-likeness (QED) is 0.774. The summed E-state index contributed by atoms with van der Waals surface area (Å²) in [5, 5.41) is 10.0. The van der Waals surface area contributed by atoms with Crippen molar-refractivity contribution in [3.05, 3.63) is 35.5 Å². The number of benzene rings is 1. The molecular weight excluding hydrogens is 228 g/mol. The second-order valence-corrected chi connectivity index (χ2v) is 4.87. The molecule has 4 heteroatoms. The van der Waals surface area contributed by atoms with Crippen LogP contribution in [0.5, 0.6) is 0 Å². The van der Waals surface area contributed by atoms with Crippen molar-refractivity contribution in [1.82, 2.24) is 4.98 Å². The highest BCUT2D eigenvalue weighted by Gasteiger charge is 2.19. The third-order valence-corrected chi connectivity index (χ3v) is 3.17. The average molecular weight is 246 g/mol. The number of rotatable bonds is 4. The summed E-state index contributed by atoms with van der Waals surface area (Å²) in [5.74, 6) is -0.650. The first-order valence-corrected chi connectivity index (χ1v) is 6.08. The number of aromatic amines is 1. The van der Waals surface area contributed by atoms with Gasteiger partial charge in [0.1, 0.15) is 6.04 Å². The van der Waals surface area contributed by atoms with Gasteiger partial charge in [-0.2, -0.15) is 0 Å². The van der Waals surface area contributed by atoms with Gasteiger partial charge in [0.05, 0.1) is 0 Å². The Hall–Kier alpha value is -1.81. The van der Waals surface area contributed by atoms with E-state index in [1.54, 1.807) is 0 Å². The van der Waals surface area contributed by atoms with Crippen LogP contribution in [0.15, 0.2) is 24.3 Å². The van der Waals surface area contributed by atoms with Gasteiger partial charge in [-0.3, -0.25) is 4.79 Å². The molecule has 96 valence electrons. The van der Waals surface area contributed by atoms with Gasteiger partial charge in [0.25, 0.3) is 0 Å². The van der Waals surface area contributed by atoms with Crippen molar-refractivity contribution in [2.24, 2.45) is 5.73 Å². The molecule has 4 N–H and O–H groups in total. The summed E-state index contributed by atoms with van der Waals surface area (Å²) in [6.45, 7) is 4.17. The van der Waals surface area contributed by atoms with E-state index in [1.165, 1.54) is 0 Å². The molecule has 2 aromatic rings. The van der Waals surface area contributed by atoms with Crippen molar-refractivity contribution in [3.8, 4) is 0 Å². The summed E-state index contributed by atoms with van der Waals surface area (Å²) in [7, 11) is 0. The zero-order valence-corrected chi connectivity index (χ0v) is 10.6. The summed E-state index contributed by atoms with van der Waals surface area (Å²) in [4.78, 5) is 14.3. The molecular formula is C14H18N2O2. The van der Waals surface area contributed by atoms with Crippen molar-refractivity contribution in [2.45, 2.75) is 32.2 Å². The van der Waals surface area contributed by atoms with Crippen LogP contribution in [0, 0.1) is 0 Å². The van der Waals surface area contributed by atoms with Crippen LogP contribution in [-0.2, 0) is 11.2 Å². The summed E-state index contributed by atoms with van der Waals surface area (Å²) in [6.07, 6.45) is 0.354. The minimum Gasteiger partial charge on any atom is -0.480 e. The normalized spacial score (nSPS) is 13.1. The Morgan fingerprint density at radius 3 is 2.67 bits per heavy atom. The van der Waals surface area contributed by atoms with Crippen LogP contribution in [0.4, 0.5) is 0 Å². The van der Waals surface area contributed by atoms with E-state index < -0.39 is 12.0 Å². The van der Waals surface area contributed by atoms with Gasteiger partial charge in [-0.05, 0) is 17.5 Å². The fourth-order valence-corrected chi connectivity index (χ4v) is 2.24. The van der Waals surface area contributed by atoms with Crippen LogP contribution < -0.4 is 5.73 Å². The summed E-state index contributed by atoms with van der Waals surface area (Å²) < 4.78 is 0. The lowest BCUT2D eigenvalue weighted by atomic mass is 9.98. The van der Waals surface area contributed by atoms with Crippen molar-refractivity contribution in [3.63, 3.8) is 0 Å². The van der Waals surface area contributed by atoms with E-state index in [-0.39, 0.29) is 0 Å². The number of H-pyrrole nitrogens is 1. The molecule has 0 fully saturated rings. The molecule has 0 radical (unpaired) electrons. The van der Waals surface area contributed by atoms with E-state index in [1.807, 2.05) is 24.3 Å². The molecule has 2 rings (SSSR count). The first-order valence-electron chi connectivity index (χ1n) is 6.08. The summed E-state index contributed by atoms with van der Waals surface area (Å²) >= 11 is 0. The Morgan fingerprint density at radius 1 is 1.39 bits per heavy atom. The van der Waals surface area contributed by atoms with Crippen molar-refractivity contribution in [2.75, 3.05) is 0 Å². The maximum absolute atomic E-state index is 10.9. The van der Waals surface area contributed by atoms with Crippen LogP contribution in [0.1, 0.15) is 31.0 Å². The van der Waals surface area contributed by atoms with Crippen molar-refractivity contribution in [1.29, 1.82) is 0 Å². The van der Waals surface area contributed by atoms with E-state index in [0.29, 0.717) is 12.3 Å². The number of carboxylic acids is 1. The third kappa shape index (κ3) is 2.24. The van der Waals surface area contributed by atoms with E-state index in [9.17, 15) is 4.79 Å². The smallest absolute Gasteiger partial charge is 0.320 e. The number of carboxylic acid groups (broad SMARTS) is 1. The molecule has 0 spiro atoms. The standard InChI is InChI=1S/C14H18N2O2/c1-8(2)13-10(7-11(15)14(17)18)9-5-3-4-6-12(9)16-13/h3-6,8,11,16H,7,15H2,1-2H3,(H,17,18)/t11-/m0/s1. The number of nitrogens with two attached hydrogens (primary N) is 1. The first-order chi connectivity index (χ1) is 8.50. The number of nitrogens with one attached hydrogen (secondary N) is 1. The molecule has 0 aliphatic heterocycles. The monoisotopic (exact) mass is 246 g/mol. The van der Waals surface area contributed by atoms with Gasteiger partial charge in [-0.25, -0.2) is 0 Å². The molecule has 4 nitrogen and oxygen atoms in total. The molecule has 0 unspecified atom stereocenters. The molecule has 0 saturated heterocycles. The molecule has 1 heterocycles. The Balaban J connectivity index is 2.51. The molecule has 1 aromatic carbocycles. The largest absolute Gasteiger partial charge is 0.480 e. The van der Waals surface area contributed by atoms with Gasteiger partial charge in [0.15, 0.2) is 0 Å². The number of aromatic nitrogens is 1. The fourth-order valence-electron chi connectivity index (χ4n) is 2.24. The van der Waals surface area contributed by atoms with Crippen LogP contribution in [0.25, 0.3) is 10.9 Å². The molecule has 0 saturated carbocycles. The highest BCUT2D eigenvalue weighted by molar-refractivity contribution is 5.86. The third-order valence-electron chi connectivity index (χ3n) is 3.17. The number of hydrogen-bond donors (Lipinski definition) is 3. The van der Waals surface area contributed by atoms with Crippen molar-refractivity contribution < 1.29 is 9.90 Å². The van der Waals surface area contributed by atoms with Crippen LogP contribution >= 0.6 is 0 Å². The lowest BCUT2D eigenvalue weighted by Crippen LogP contribution is -2.32. The Morgan fingerprint density at radius 2 is 2.06 bits per heavy atom. The molecule has 18 heavy (non-hydrogen) atoms. The number of fused-ring (bicyclic) bond motifs is 1. The fraction of sp³-hybridized carbons (Fsp3) is 0.357. The van der Waals surface area contributed by atoms with E-state index >= 15 is 0 Å². The predicted octanol–water partition coefficient (Wildman–Crippen LogP) is 2.25. The molecule has 1 aromatic heterocycles. The SMILES string of the molecule is CC(C)c1[nH]c2ccccc2c1C[C@H](N)C(=O)O. The highest BCUT2D eigenvalue weighted by atomic mass is 16.4. The minimum absolute atomic E-state index is 0.313. The first kappa shape index (κ1) is 12.6. The second-order valence-electron chi connectivity index (χ2n) is 4.87. The van der Waals surface area contributed by atoms with E-state index in [0.717, 1.165) is 22.2 Å². The number of hydrogen-bond acceptors (Lipinski definition) is 2. The maximum Gasteiger partial charge on any atom is 0.320 e. The van der Waals surface area contributed by atoms with Crippen LogP contribution in [-0.4, -0.2) is 22.1 Å². The minimum atomic E-state index is -0.963. The molecule has 0 aliphatic carbocycles. The Kier molecular flexibility index (Phi) is 3.39. The molecule has 1 atom stereocenters. The Labute approximate surface area is 106 Å². The van der Waals surface area contributed by atoms with Gasteiger partial charge < -0.3 is 15.8 Å². The van der Waals surface area contributed by atoms with Gasteiger partial charge in [-0.15, -0.1) is 0 Å². The lowest BCUT2D eigenvalue weighted by molar-refractivity contribution is -0.138. The lowest BCUT2D eigenvalue weighted by Gasteiger charge is -2.10. The number of carbonyl (C=O) groups is 1. The van der Waals surface area contributed by atoms with Gasteiger partial charge >= 0.3 is 5.97 Å². The average Bonchev–Trinajstić information content (AvgIpc) is 2.68. The van der Waals surface area contributed by atoms with E-state index in [4.69, 9.17) is 10.8 Å².